The molecule has 0 spiro atoms. The van der Waals surface area contributed by atoms with Gasteiger partial charge in [-0.3, -0.25) is 4.79 Å². The summed E-state index contributed by atoms with van der Waals surface area (Å²) in [6, 6.07) is 7.06. The van der Waals surface area contributed by atoms with Gasteiger partial charge < -0.3 is 4.74 Å². The molecule has 1 heterocycles. The van der Waals surface area contributed by atoms with Crippen molar-refractivity contribution in [2.75, 3.05) is 18.2 Å². The highest BCUT2D eigenvalue weighted by atomic mass is 35.5. The lowest BCUT2D eigenvalue weighted by Gasteiger charge is -2.01. The van der Waals surface area contributed by atoms with Crippen molar-refractivity contribution in [3.05, 3.63) is 24.3 Å². The smallest absolute Gasteiger partial charge is 0.321 e. The van der Waals surface area contributed by atoms with Crippen molar-refractivity contribution in [3.63, 3.8) is 0 Å². The monoisotopic (exact) mass is 319 g/mol. The quantitative estimate of drug-likeness (QED) is 0.621. The van der Waals surface area contributed by atoms with Crippen LogP contribution in [-0.2, 0) is 19.4 Å². The molecule has 2 aromatic rings. The number of carbonyl (C=O) groups is 1. The maximum Gasteiger partial charge on any atom is 0.321 e. The van der Waals surface area contributed by atoms with Gasteiger partial charge in [0.1, 0.15) is 6.61 Å². The van der Waals surface area contributed by atoms with Crippen LogP contribution in [0.1, 0.15) is 0 Å². The maximum atomic E-state index is 12.0. The van der Waals surface area contributed by atoms with Gasteiger partial charge in [0.25, 0.3) is 0 Å². The maximum absolute atomic E-state index is 12.0. The van der Waals surface area contributed by atoms with Gasteiger partial charge in [0.05, 0.1) is 16.1 Å². The summed E-state index contributed by atoms with van der Waals surface area (Å²) < 4.78 is 29.3. The lowest BCUT2D eigenvalue weighted by molar-refractivity contribution is -0.139. The average Bonchev–Trinajstić information content (AvgIpc) is 2.80. The van der Waals surface area contributed by atoms with Crippen LogP contribution in [0.3, 0.4) is 0 Å². The van der Waals surface area contributed by atoms with E-state index in [2.05, 4.69) is 9.72 Å². The van der Waals surface area contributed by atoms with Crippen LogP contribution >= 0.6 is 22.9 Å². The third kappa shape index (κ3) is 3.43. The first-order chi connectivity index (χ1) is 9.03. The second kappa shape index (κ2) is 5.85. The van der Waals surface area contributed by atoms with E-state index in [9.17, 15) is 13.2 Å². The van der Waals surface area contributed by atoms with E-state index in [-0.39, 0.29) is 16.8 Å². The summed E-state index contributed by atoms with van der Waals surface area (Å²) in [5, 5.41) is 0. The molecule has 0 aliphatic carbocycles. The van der Waals surface area contributed by atoms with Gasteiger partial charge in [-0.25, -0.2) is 13.4 Å². The van der Waals surface area contributed by atoms with Gasteiger partial charge in [-0.05, 0) is 12.1 Å². The predicted molar refractivity (Wildman–Crippen MR) is 73.4 cm³/mol. The lowest BCUT2D eigenvalue weighted by atomic mass is 10.3. The predicted octanol–water partition coefficient (Wildman–Crippen LogP) is 1.85. The Morgan fingerprint density at radius 1 is 1.37 bits per heavy atom. The fraction of sp³-hybridized carbons (Fsp3) is 0.273. The molecule has 0 fully saturated rings. The number of alkyl halides is 1. The molecule has 0 atom stereocenters. The normalized spacial score (nSPS) is 11.6. The first kappa shape index (κ1) is 14.2. The van der Waals surface area contributed by atoms with Gasteiger partial charge in [-0.15, -0.1) is 22.9 Å². The highest BCUT2D eigenvalue weighted by Crippen LogP contribution is 2.25. The highest BCUT2D eigenvalue weighted by Gasteiger charge is 2.24. The summed E-state index contributed by atoms with van der Waals surface area (Å²) in [5.74, 6) is -1.41. The molecule has 0 unspecified atom stereocenters. The number of hydrogen-bond donors (Lipinski definition) is 0. The van der Waals surface area contributed by atoms with Gasteiger partial charge >= 0.3 is 5.97 Å². The van der Waals surface area contributed by atoms with Gasteiger partial charge in [0, 0.05) is 0 Å². The lowest BCUT2D eigenvalue weighted by Crippen LogP contribution is -2.19. The van der Waals surface area contributed by atoms with Crippen molar-refractivity contribution in [2.24, 2.45) is 0 Å². The Balaban J connectivity index is 2.21. The van der Waals surface area contributed by atoms with Gasteiger partial charge in [0.2, 0.25) is 14.2 Å². The molecule has 5 nitrogen and oxygen atoms in total. The molecule has 8 heteroatoms. The van der Waals surface area contributed by atoms with Crippen LogP contribution in [0.25, 0.3) is 10.2 Å². The Morgan fingerprint density at radius 2 is 2.11 bits per heavy atom. The molecular formula is C11H10ClNO4S2. The van der Waals surface area contributed by atoms with Crippen molar-refractivity contribution in [3.8, 4) is 0 Å². The van der Waals surface area contributed by atoms with Crippen molar-refractivity contribution < 1.29 is 17.9 Å². The Kier molecular flexibility index (Phi) is 4.38. The SMILES string of the molecule is O=C(CS(=O)(=O)c1nc2ccccc2s1)OCCCl. The Bertz CT molecular complexity index is 663. The number of para-hydroxylation sites is 1. The van der Waals surface area contributed by atoms with Crippen LogP contribution in [0.5, 0.6) is 0 Å². The first-order valence-corrected chi connectivity index (χ1v) is 8.33. The van der Waals surface area contributed by atoms with E-state index in [0.717, 1.165) is 16.0 Å². The highest BCUT2D eigenvalue weighted by molar-refractivity contribution is 7.94. The molecule has 1 aromatic heterocycles. The molecule has 0 N–H and O–H groups in total. The summed E-state index contributed by atoms with van der Waals surface area (Å²) in [4.78, 5) is 15.3. The van der Waals surface area contributed by atoms with Gasteiger partial charge in [-0.1, -0.05) is 12.1 Å². The number of ether oxygens (including phenoxy) is 1. The minimum atomic E-state index is -3.76. The third-order valence-corrected chi connectivity index (χ3v) is 5.42. The number of carbonyl (C=O) groups excluding carboxylic acids is 1. The second-order valence-electron chi connectivity index (χ2n) is 3.62. The van der Waals surface area contributed by atoms with Crippen molar-refractivity contribution >= 4 is 49.0 Å². The number of halogens is 1. The third-order valence-electron chi connectivity index (χ3n) is 2.19. The van der Waals surface area contributed by atoms with Gasteiger partial charge in [0.15, 0.2) is 5.75 Å². The van der Waals surface area contributed by atoms with Crippen LogP contribution in [0.15, 0.2) is 28.6 Å². The average molecular weight is 320 g/mol. The molecule has 0 aliphatic heterocycles. The zero-order chi connectivity index (χ0) is 13.9. The number of sulfone groups is 1. The number of esters is 1. The summed E-state index contributed by atoms with van der Waals surface area (Å²) in [6.45, 7) is -0.00421. The molecule has 19 heavy (non-hydrogen) atoms. The van der Waals surface area contributed by atoms with E-state index in [4.69, 9.17) is 11.6 Å². The molecule has 0 saturated heterocycles. The molecule has 2 rings (SSSR count). The number of rotatable bonds is 5. The fourth-order valence-corrected chi connectivity index (χ4v) is 3.88. The van der Waals surface area contributed by atoms with Crippen LogP contribution in [0.4, 0.5) is 0 Å². The Morgan fingerprint density at radius 3 is 2.79 bits per heavy atom. The molecule has 0 radical (unpaired) electrons. The topological polar surface area (TPSA) is 73.3 Å². The summed E-state index contributed by atoms with van der Waals surface area (Å²) >= 11 is 6.39. The molecule has 0 bridgehead atoms. The number of thiazole rings is 1. The zero-order valence-electron chi connectivity index (χ0n) is 9.71. The largest absolute Gasteiger partial charge is 0.464 e. The number of aromatic nitrogens is 1. The molecule has 0 saturated carbocycles. The van der Waals surface area contributed by atoms with Crippen molar-refractivity contribution in [2.45, 2.75) is 4.34 Å². The number of benzene rings is 1. The molecular weight excluding hydrogens is 310 g/mol. The van der Waals surface area contributed by atoms with E-state index < -0.39 is 21.6 Å². The summed E-state index contributed by atoms with van der Waals surface area (Å²) in [5.41, 5.74) is 0.597. The number of hydrogen-bond acceptors (Lipinski definition) is 6. The zero-order valence-corrected chi connectivity index (χ0v) is 12.1. The Labute approximate surface area is 119 Å². The summed E-state index contributed by atoms with van der Waals surface area (Å²) in [7, 11) is -3.76. The minimum absolute atomic E-state index is 0.00421. The van der Waals surface area contributed by atoms with E-state index in [1.165, 1.54) is 0 Å². The van der Waals surface area contributed by atoms with E-state index in [1.54, 1.807) is 24.3 Å². The molecule has 0 amide bonds. The Hall–Kier alpha value is -1.18. The van der Waals surface area contributed by atoms with Crippen molar-refractivity contribution in [1.29, 1.82) is 0 Å². The number of fused-ring (bicyclic) bond motifs is 1. The van der Waals surface area contributed by atoms with Crippen LogP contribution in [0.2, 0.25) is 0 Å². The van der Waals surface area contributed by atoms with Gasteiger partial charge in [-0.2, -0.15) is 0 Å². The molecule has 1 aromatic carbocycles. The summed E-state index contributed by atoms with van der Waals surface area (Å²) in [6.07, 6.45) is 0. The van der Waals surface area contributed by atoms with Crippen LogP contribution in [0, 0.1) is 0 Å². The first-order valence-electron chi connectivity index (χ1n) is 5.33. The number of nitrogens with zero attached hydrogens (tertiary/aromatic N) is 1. The molecule has 102 valence electrons. The minimum Gasteiger partial charge on any atom is -0.464 e. The van der Waals surface area contributed by atoms with Crippen LogP contribution < -0.4 is 0 Å². The van der Waals surface area contributed by atoms with E-state index >= 15 is 0 Å². The molecule has 0 aliphatic rings. The van der Waals surface area contributed by atoms with E-state index in [0.29, 0.717) is 5.52 Å². The fourth-order valence-electron chi connectivity index (χ4n) is 1.40. The van der Waals surface area contributed by atoms with E-state index in [1.807, 2.05) is 0 Å². The standard InChI is InChI=1S/C11H10ClNO4S2/c12-5-6-17-10(14)7-19(15,16)11-13-8-3-1-2-4-9(8)18-11/h1-4H,5-7H2. The van der Waals surface area contributed by atoms with Crippen LogP contribution in [-0.4, -0.2) is 37.6 Å². The van der Waals surface area contributed by atoms with Crippen molar-refractivity contribution in [1.82, 2.24) is 4.98 Å². The second-order valence-corrected chi connectivity index (χ2v) is 7.19.